The predicted octanol–water partition coefficient (Wildman–Crippen LogP) is 8.51. The lowest BCUT2D eigenvalue weighted by atomic mass is 9.95. The third-order valence-corrected chi connectivity index (χ3v) is 12.4. The molecule has 0 spiro atoms. The number of benzene rings is 6. The number of esters is 5. The summed E-state index contributed by atoms with van der Waals surface area (Å²) in [7, 11) is 0. The van der Waals surface area contributed by atoms with E-state index in [0.29, 0.717) is 12.0 Å². The number of unbranched alkanes of at least 4 members (excludes halogenated alkanes) is 1. The summed E-state index contributed by atoms with van der Waals surface area (Å²) in [6.45, 7) is 1.39. The van der Waals surface area contributed by atoms with Crippen molar-refractivity contribution in [1.29, 1.82) is 0 Å². The minimum atomic E-state index is -1.74. The molecule has 16 heteroatoms. The average molecular weight is 1010 g/mol. The Kier molecular flexibility index (Phi) is 17.3. The molecule has 3 aliphatic rings. The highest BCUT2D eigenvalue weighted by Gasteiger charge is 2.59. The van der Waals surface area contributed by atoms with E-state index in [9.17, 15) is 24.0 Å². The molecule has 3 saturated heterocycles. The molecule has 0 radical (unpaired) electrons. The van der Waals surface area contributed by atoms with Crippen LogP contribution in [-0.4, -0.2) is 111 Å². The lowest BCUT2D eigenvalue weighted by Gasteiger charge is -2.50. The van der Waals surface area contributed by atoms with E-state index in [4.69, 9.17) is 52.1 Å². The van der Waals surface area contributed by atoms with Gasteiger partial charge in [0.1, 0.15) is 31.0 Å². The van der Waals surface area contributed by atoms with Crippen LogP contribution in [0.5, 0.6) is 0 Å². The Morgan fingerprint density at radius 3 is 1.35 bits per heavy atom. The molecular formula is C58H54O16. The minimum absolute atomic E-state index is 0.118. The molecule has 3 fully saturated rings. The van der Waals surface area contributed by atoms with Crippen LogP contribution < -0.4 is 0 Å². The molecule has 382 valence electrons. The van der Waals surface area contributed by atoms with Gasteiger partial charge in [0, 0.05) is 12.2 Å². The topological polar surface area (TPSA) is 187 Å². The summed E-state index contributed by atoms with van der Waals surface area (Å²) in [5.41, 5.74) is 1.48. The van der Waals surface area contributed by atoms with Crippen LogP contribution in [0.1, 0.15) is 83.4 Å². The first-order valence-corrected chi connectivity index (χ1v) is 24.4. The Labute approximate surface area is 427 Å². The Balaban J connectivity index is 1.16. The van der Waals surface area contributed by atoms with E-state index >= 15 is 0 Å². The van der Waals surface area contributed by atoms with Crippen LogP contribution in [0.4, 0.5) is 0 Å². The number of ether oxygens (including phenoxy) is 11. The first-order valence-electron chi connectivity index (χ1n) is 24.4. The van der Waals surface area contributed by atoms with Gasteiger partial charge in [0.05, 0.1) is 34.4 Å². The highest BCUT2D eigenvalue weighted by atomic mass is 16.8. The summed E-state index contributed by atoms with van der Waals surface area (Å²) < 4.78 is 70.8. The van der Waals surface area contributed by atoms with Crippen molar-refractivity contribution in [1.82, 2.24) is 0 Å². The van der Waals surface area contributed by atoms with Crippen LogP contribution >= 0.6 is 0 Å². The fourth-order valence-electron chi connectivity index (χ4n) is 8.64. The van der Waals surface area contributed by atoms with Crippen molar-refractivity contribution in [3.8, 4) is 0 Å². The molecule has 0 bridgehead atoms. The van der Waals surface area contributed by atoms with Crippen LogP contribution in [0.3, 0.4) is 0 Å². The van der Waals surface area contributed by atoms with Gasteiger partial charge in [0.25, 0.3) is 0 Å². The molecule has 9 rings (SSSR count). The second-order valence-corrected chi connectivity index (χ2v) is 17.5. The number of rotatable bonds is 18. The molecular weight excluding hydrogens is 953 g/mol. The molecule has 6 aromatic carbocycles. The van der Waals surface area contributed by atoms with Crippen LogP contribution in [0.25, 0.3) is 0 Å². The first-order chi connectivity index (χ1) is 36.2. The SMILES string of the molecule is CCCCO[C@@H]1OC(COC(=O)c2ccccc2)[C@@H](O[C@@H]2OC3COC(c4ccccc4)O[C@@H]3C(OC(=O)c3ccccc3)C2OC(=O)c2ccccc2)C(OC(=O)c2ccccc2)C1OC(=O)c1ccccc1. The molecule has 0 N–H and O–H groups in total. The van der Waals surface area contributed by atoms with E-state index in [-0.39, 0.29) is 41.0 Å². The second-order valence-electron chi connectivity index (χ2n) is 17.5. The van der Waals surface area contributed by atoms with E-state index < -0.39 is 104 Å². The zero-order chi connectivity index (χ0) is 51.2. The van der Waals surface area contributed by atoms with Crippen LogP contribution in [0.2, 0.25) is 0 Å². The van der Waals surface area contributed by atoms with Gasteiger partial charge in [0.2, 0.25) is 0 Å². The van der Waals surface area contributed by atoms with Crippen molar-refractivity contribution >= 4 is 29.8 Å². The fourth-order valence-corrected chi connectivity index (χ4v) is 8.64. The molecule has 0 aromatic heterocycles. The van der Waals surface area contributed by atoms with Gasteiger partial charge in [-0.3, -0.25) is 0 Å². The summed E-state index contributed by atoms with van der Waals surface area (Å²) in [6.07, 6.45) is -14.4. The van der Waals surface area contributed by atoms with Gasteiger partial charge in [-0.15, -0.1) is 0 Å². The Morgan fingerprint density at radius 2 is 0.878 bits per heavy atom. The summed E-state index contributed by atoms with van der Waals surface area (Å²) >= 11 is 0. The molecule has 3 heterocycles. The molecule has 11 atom stereocenters. The first kappa shape index (κ1) is 51.3. The normalized spacial score (nSPS) is 25.3. The van der Waals surface area contributed by atoms with Gasteiger partial charge < -0.3 is 52.1 Å². The lowest BCUT2D eigenvalue weighted by molar-refractivity contribution is -0.383. The van der Waals surface area contributed by atoms with Crippen molar-refractivity contribution in [3.05, 3.63) is 215 Å². The lowest BCUT2D eigenvalue weighted by Crippen LogP contribution is -2.68. The number of carbonyl (C=O) groups excluding carboxylic acids is 5. The Hall–Kier alpha value is -7.57. The molecule has 7 unspecified atom stereocenters. The van der Waals surface area contributed by atoms with Crippen LogP contribution in [0.15, 0.2) is 182 Å². The highest BCUT2D eigenvalue weighted by Crippen LogP contribution is 2.40. The van der Waals surface area contributed by atoms with Gasteiger partial charge in [-0.1, -0.05) is 135 Å². The number of hydrogen-bond acceptors (Lipinski definition) is 16. The molecule has 16 nitrogen and oxygen atoms in total. The van der Waals surface area contributed by atoms with Crippen molar-refractivity contribution in [2.45, 2.75) is 87.5 Å². The van der Waals surface area contributed by atoms with Gasteiger partial charge in [-0.25, -0.2) is 24.0 Å². The third kappa shape index (κ3) is 12.6. The van der Waals surface area contributed by atoms with E-state index in [1.165, 1.54) is 12.1 Å². The highest BCUT2D eigenvalue weighted by molar-refractivity contribution is 5.92. The van der Waals surface area contributed by atoms with Crippen molar-refractivity contribution < 1.29 is 76.1 Å². The molecule has 74 heavy (non-hydrogen) atoms. The van der Waals surface area contributed by atoms with Gasteiger partial charge in [-0.05, 0) is 67.1 Å². The van der Waals surface area contributed by atoms with Gasteiger partial charge in [-0.2, -0.15) is 0 Å². The predicted molar refractivity (Wildman–Crippen MR) is 262 cm³/mol. The van der Waals surface area contributed by atoms with E-state index in [1.807, 2.05) is 37.3 Å². The van der Waals surface area contributed by atoms with Crippen LogP contribution in [-0.2, 0) is 52.1 Å². The molecule has 6 aromatic rings. The van der Waals surface area contributed by atoms with E-state index in [2.05, 4.69) is 0 Å². The molecule has 0 saturated carbocycles. The maximum absolute atomic E-state index is 14.4. The van der Waals surface area contributed by atoms with Crippen LogP contribution in [0, 0.1) is 0 Å². The maximum atomic E-state index is 14.4. The summed E-state index contributed by atoms with van der Waals surface area (Å²) in [5.74, 6) is -4.04. The molecule has 0 amide bonds. The summed E-state index contributed by atoms with van der Waals surface area (Å²) in [5, 5.41) is 0. The largest absolute Gasteiger partial charge is 0.459 e. The smallest absolute Gasteiger partial charge is 0.338 e. The number of hydrogen-bond donors (Lipinski definition) is 0. The Bertz CT molecular complexity index is 2770. The van der Waals surface area contributed by atoms with Gasteiger partial charge in [0.15, 0.2) is 43.3 Å². The molecule has 0 aliphatic carbocycles. The van der Waals surface area contributed by atoms with Gasteiger partial charge >= 0.3 is 29.8 Å². The Morgan fingerprint density at radius 1 is 0.459 bits per heavy atom. The monoisotopic (exact) mass is 1010 g/mol. The van der Waals surface area contributed by atoms with E-state index in [0.717, 1.165) is 6.42 Å². The van der Waals surface area contributed by atoms with Crippen molar-refractivity contribution in [2.24, 2.45) is 0 Å². The maximum Gasteiger partial charge on any atom is 0.338 e. The average Bonchev–Trinajstić information content (AvgIpc) is 3.46. The second kappa shape index (κ2) is 24.9. The third-order valence-electron chi connectivity index (χ3n) is 12.4. The molecule has 3 aliphatic heterocycles. The number of carbonyl (C=O) groups is 5. The van der Waals surface area contributed by atoms with Crippen molar-refractivity contribution in [2.75, 3.05) is 19.8 Å². The zero-order valence-corrected chi connectivity index (χ0v) is 40.2. The quantitative estimate of drug-likeness (QED) is 0.0453. The standard InChI is InChI=1S/C58H54O16/c1-2-3-34-64-57-49(71-54(62)40-28-16-7-17-29-40)47(69-52(60)38-24-12-5-13-25-38)46(43(67-57)35-65-51(59)37-22-10-4-11-23-37)74-58-50(72-55(63)41-30-18-8-19-31-41)48(70-53(61)39-26-14-6-15-27-39)45-44(68-58)36-66-56(73-45)42-32-20-9-21-33-42/h4-33,43-50,56-58H,2-3,34-36H2,1H3/t43?,44?,45-,46+,47?,48?,49?,50?,56?,57+,58-/m0/s1. The summed E-state index contributed by atoms with van der Waals surface area (Å²) in [6, 6.07) is 49.9. The van der Waals surface area contributed by atoms with E-state index in [1.54, 1.807) is 140 Å². The summed E-state index contributed by atoms with van der Waals surface area (Å²) in [4.78, 5) is 70.8. The fraction of sp³-hybridized carbons (Fsp3) is 0.293. The zero-order valence-electron chi connectivity index (χ0n) is 40.2. The minimum Gasteiger partial charge on any atom is -0.459 e. The number of fused-ring (bicyclic) bond motifs is 1. The van der Waals surface area contributed by atoms with Crippen molar-refractivity contribution in [3.63, 3.8) is 0 Å².